The lowest BCUT2D eigenvalue weighted by Crippen LogP contribution is -2.00. The molecule has 3 N–H and O–H groups in total. The van der Waals surface area contributed by atoms with Crippen molar-refractivity contribution in [3.8, 4) is 5.75 Å². The van der Waals surface area contributed by atoms with E-state index in [4.69, 9.17) is 22.1 Å². The highest BCUT2D eigenvalue weighted by Crippen LogP contribution is 2.31. The smallest absolute Gasteiger partial charge is 0.144 e. The molecule has 2 aromatic carbocycles. The number of nitrogen functional groups attached to an aromatic ring is 1. The molecule has 2 aromatic rings. The number of nitrogens with one attached hydrogen (secondary N) is 1. The fourth-order valence-corrected chi connectivity index (χ4v) is 2.22. The first-order chi connectivity index (χ1) is 9.60. The molecule has 2 rings (SSSR count). The summed E-state index contributed by atoms with van der Waals surface area (Å²) in [4.78, 5) is 0. The highest BCUT2D eigenvalue weighted by molar-refractivity contribution is 9.10. The Balaban J connectivity index is 2.22. The lowest BCUT2D eigenvalue weighted by Gasteiger charge is -2.12. The van der Waals surface area contributed by atoms with Crippen molar-refractivity contribution in [2.45, 2.75) is 13.3 Å². The first-order valence-electron chi connectivity index (χ1n) is 6.34. The predicted octanol–water partition coefficient (Wildman–Crippen LogP) is 5.22. The first kappa shape index (κ1) is 15.0. The van der Waals surface area contributed by atoms with Crippen LogP contribution in [-0.4, -0.2) is 6.61 Å². The number of hydrogen-bond donors (Lipinski definition) is 2. The lowest BCUT2D eigenvalue weighted by atomic mass is 10.2. The summed E-state index contributed by atoms with van der Waals surface area (Å²) in [6, 6.07) is 11.2. The number of rotatable bonds is 5. The van der Waals surface area contributed by atoms with Crippen molar-refractivity contribution in [3.05, 3.63) is 45.9 Å². The summed E-state index contributed by atoms with van der Waals surface area (Å²) < 4.78 is 6.57. The van der Waals surface area contributed by atoms with Crippen LogP contribution in [0.15, 0.2) is 40.9 Å². The molecular weight excluding hydrogens is 340 g/mol. The average molecular weight is 356 g/mol. The fraction of sp³-hybridized carbons (Fsp3) is 0.200. The van der Waals surface area contributed by atoms with Crippen LogP contribution in [0.4, 0.5) is 17.1 Å². The summed E-state index contributed by atoms with van der Waals surface area (Å²) in [5.74, 6) is 0.683. The van der Waals surface area contributed by atoms with Crippen LogP contribution in [0.2, 0.25) is 5.02 Å². The molecule has 106 valence electrons. The van der Waals surface area contributed by atoms with Gasteiger partial charge in [-0.1, -0.05) is 34.5 Å². The van der Waals surface area contributed by atoms with Gasteiger partial charge in [-0.3, -0.25) is 0 Å². The number of halogens is 2. The highest BCUT2D eigenvalue weighted by atomic mass is 79.9. The number of hydrogen-bond acceptors (Lipinski definition) is 3. The topological polar surface area (TPSA) is 47.3 Å². The second-order valence-electron chi connectivity index (χ2n) is 4.35. The molecule has 0 saturated carbocycles. The van der Waals surface area contributed by atoms with Crippen molar-refractivity contribution >= 4 is 44.6 Å². The third-order valence-electron chi connectivity index (χ3n) is 2.68. The summed E-state index contributed by atoms with van der Waals surface area (Å²) in [5.41, 5.74) is 8.23. The van der Waals surface area contributed by atoms with E-state index in [2.05, 4.69) is 28.2 Å². The molecule has 0 unspecified atom stereocenters. The maximum Gasteiger partial charge on any atom is 0.144 e. The molecule has 20 heavy (non-hydrogen) atoms. The monoisotopic (exact) mass is 354 g/mol. The summed E-state index contributed by atoms with van der Waals surface area (Å²) in [5, 5.41) is 3.91. The van der Waals surface area contributed by atoms with Crippen LogP contribution in [0.25, 0.3) is 0 Å². The number of nitrogens with two attached hydrogens (primary N) is 1. The Morgan fingerprint density at radius 2 is 2.05 bits per heavy atom. The third kappa shape index (κ3) is 3.81. The van der Waals surface area contributed by atoms with Crippen LogP contribution in [0, 0.1) is 0 Å². The Morgan fingerprint density at radius 3 is 2.80 bits per heavy atom. The van der Waals surface area contributed by atoms with E-state index < -0.39 is 0 Å². The summed E-state index contributed by atoms with van der Waals surface area (Å²) >= 11 is 9.59. The van der Waals surface area contributed by atoms with Gasteiger partial charge in [0.1, 0.15) is 5.75 Å². The van der Waals surface area contributed by atoms with Gasteiger partial charge < -0.3 is 15.8 Å². The molecule has 0 fully saturated rings. The molecule has 0 aliphatic heterocycles. The maximum absolute atomic E-state index is 6.16. The minimum absolute atomic E-state index is 0.629. The van der Waals surface area contributed by atoms with Gasteiger partial charge in [0.05, 0.1) is 23.0 Å². The predicted molar refractivity (Wildman–Crippen MR) is 89.1 cm³/mol. The van der Waals surface area contributed by atoms with Gasteiger partial charge in [0.2, 0.25) is 0 Å². The maximum atomic E-state index is 6.16. The molecule has 0 saturated heterocycles. The lowest BCUT2D eigenvalue weighted by molar-refractivity contribution is 0.319. The van der Waals surface area contributed by atoms with Crippen molar-refractivity contribution in [2.75, 3.05) is 17.7 Å². The first-order valence-corrected chi connectivity index (χ1v) is 7.51. The Hall–Kier alpha value is -1.39. The van der Waals surface area contributed by atoms with E-state index in [1.54, 1.807) is 0 Å². The second-order valence-corrected chi connectivity index (χ2v) is 5.67. The minimum atomic E-state index is 0.629. The van der Waals surface area contributed by atoms with Crippen LogP contribution < -0.4 is 15.8 Å². The van der Waals surface area contributed by atoms with Crippen molar-refractivity contribution < 1.29 is 4.74 Å². The van der Waals surface area contributed by atoms with Crippen LogP contribution in [-0.2, 0) is 0 Å². The standard InChI is InChI=1S/C15H16BrClN2O/c1-2-7-20-15-9-11(4-6-13(15)18)19-14-8-10(16)3-5-12(14)17/h3-6,8-9,19H,2,7,18H2,1H3. The SMILES string of the molecule is CCCOc1cc(Nc2cc(Br)ccc2Cl)ccc1N. The Morgan fingerprint density at radius 1 is 1.25 bits per heavy atom. The van der Waals surface area contributed by atoms with Gasteiger partial charge >= 0.3 is 0 Å². The quantitative estimate of drug-likeness (QED) is 0.723. The summed E-state index contributed by atoms with van der Waals surface area (Å²) in [6.45, 7) is 2.70. The van der Waals surface area contributed by atoms with E-state index in [1.165, 1.54) is 0 Å². The van der Waals surface area contributed by atoms with Gasteiger partial charge in [0.25, 0.3) is 0 Å². The molecule has 3 nitrogen and oxygen atoms in total. The zero-order valence-corrected chi connectivity index (χ0v) is 13.5. The molecule has 5 heteroatoms. The van der Waals surface area contributed by atoms with E-state index in [1.807, 2.05) is 36.4 Å². The third-order valence-corrected chi connectivity index (χ3v) is 3.51. The fourth-order valence-electron chi connectivity index (χ4n) is 1.70. The number of anilines is 3. The van der Waals surface area contributed by atoms with Crippen molar-refractivity contribution in [1.82, 2.24) is 0 Å². The molecular formula is C15H16BrClN2O. The molecule has 0 bridgehead atoms. The molecule has 0 aliphatic rings. The molecule has 0 amide bonds. The van der Waals surface area contributed by atoms with E-state index in [0.717, 1.165) is 22.3 Å². The van der Waals surface area contributed by atoms with E-state index in [-0.39, 0.29) is 0 Å². The van der Waals surface area contributed by atoms with Crippen LogP contribution in [0.5, 0.6) is 5.75 Å². The largest absolute Gasteiger partial charge is 0.491 e. The Bertz CT molecular complexity index is 604. The van der Waals surface area contributed by atoms with Gasteiger partial charge in [-0.05, 0) is 36.8 Å². The zero-order valence-electron chi connectivity index (χ0n) is 11.1. The number of ether oxygens (including phenoxy) is 1. The van der Waals surface area contributed by atoms with Gasteiger partial charge in [-0.2, -0.15) is 0 Å². The van der Waals surface area contributed by atoms with Crippen LogP contribution in [0.3, 0.4) is 0 Å². The van der Waals surface area contributed by atoms with E-state index >= 15 is 0 Å². The Kier molecular flexibility index (Phi) is 5.15. The molecule has 0 atom stereocenters. The average Bonchev–Trinajstić information content (AvgIpc) is 2.43. The molecule has 0 heterocycles. The van der Waals surface area contributed by atoms with Crippen molar-refractivity contribution in [2.24, 2.45) is 0 Å². The second kappa shape index (κ2) is 6.86. The van der Waals surface area contributed by atoms with Gasteiger partial charge in [0, 0.05) is 16.2 Å². The minimum Gasteiger partial charge on any atom is -0.491 e. The molecule has 0 aromatic heterocycles. The zero-order chi connectivity index (χ0) is 14.5. The van der Waals surface area contributed by atoms with Gasteiger partial charge in [-0.15, -0.1) is 0 Å². The molecule has 0 aliphatic carbocycles. The summed E-state index contributed by atoms with van der Waals surface area (Å²) in [6.07, 6.45) is 0.939. The van der Waals surface area contributed by atoms with E-state index in [0.29, 0.717) is 23.1 Å². The highest BCUT2D eigenvalue weighted by Gasteiger charge is 2.05. The van der Waals surface area contributed by atoms with Crippen LogP contribution in [0.1, 0.15) is 13.3 Å². The molecule has 0 spiro atoms. The Labute approximate surface area is 132 Å². The van der Waals surface area contributed by atoms with Crippen molar-refractivity contribution in [1.29, 1.82) is 0 Å². The van der Waals surface area contributed by atoms with Crippen molar-refractivity contribution in [3.63, 3.8) is 0 Å². The summed E-state index contributed by atoms with van der Waals surface area (Å²) in [7, 11) is 0. The normalized spacial score (nSPS) is 10.3. The van der Waals surface area contributed by atoms with Gasteiger partial charge in [0.15, 0.2) is 0 Å². The number of benzene rings is 2. The van der Waals surface area contributed by atoms with Gasteiger partial charge in [-0.25, -0.2) is 0 Å². The van der Waals surface area contributed by atoms with E-state index in [9.17, 15) is 0 Å². The van der Waals surface area contributed by atoms with Crippen LogP contribution >= 0.6 is 27.5 Å². The molecule has 0 radical (unpaired) electrons.